The molecule has 0 saturated heterocycles. The first-order chi connectivity index (χ1) is 8.38. The minimum Gasteiger partial charge on any atom is -0.460 e. The first-order valence-electron chi connectivity index (χ1n) is 6.21. The van der Waals surface area contributed by atoms with Gasteiger partial charge >= 0.3 is 5.97 Å². The molecule has 98 valence electrons. The van der Waals surface area contributed by atoms with Crippen LogP contribution in [0.25, 0.3) is 0 Å². The first kappa shape index (κ1) is 14.4. The molecule has 0 atom stereocenters. The van der Waals surface area contributed by atoms with Crippen molar-refractivity contribution in [1.29, 1.82) is 0 Å². The van der Waals surface area contributed by atoms with Crippen molar-refractivity contribution in [2.75, 3.05) is 6.61 Å². The van der Waals surface area contributed by atoms with E-state index in [0.29, 0.717) is 11.5 Å². The third-order valence-electron chi connectivity index (χ3n) is 3.06. The number of Topliss-reactive ketones (excluding diaryl/α,β-unsaturated/α-hetero) is 1. The molecule has 0 aliphatic heterocycles. The normalized spacial score (nSPS) is 10.6. The van der Waals surface area contributed by atoms with Gasteiger partial charge in [0.25, 0.3) is 5.78 Å². The molecule has 0 aliphatic carbocycles. The summed E-state index contributed by atoms with van der Waals surface area (Å²) in [6.45, 7) is 9.82. The van der Waals surface area contributed by atoms with Crippen molar-refractivity contribution in [1.82, 2.24) is 0 Å². The molecule has 0 saturated carbocycles. The lowest BCUT2D eigenvalue weighted by atomic mass is 9.92. The largest absolute Gasteiger partial charge is 0.460 e. The molecule has 0 N–H and O–H groups in total. The van der Waals surface area contributed by atoms with Gasteiger partial charge in [-0.05, 0) is 49.4 Å². The Kier molecular flexibility index (Phi) is 4.65. The van der Waals surface area contributed by atoms with Crippen LogP contribution in [0.2, 0.25) is 0 Å². The second-order valence-corrected chi connectivity index (χ2v) is 4.71. The quantitative estimate of drug-likeness (QED) is 0.467. The van der Waals surface area contributed by atoms with Crippen LogP contribution in [0.5, 0.6) is 0 Å². The van der Waals surface area contributed by atoms with Crippen LogP contribution < -0.4 is 0 Å². The average Bonchev–Trinajstić information content (AvgIpc) is 2.31. The molecule has 1 aromatic rings. The molecule has 18 heavy (non-hydrogen) atoms. The zero-order chi connectivity index (χ0) is 13.9. The summed E-state index contributed by atoms with van der Waals surface area (Å²) in [5, 5.41) is 0. The third-order valence-corrected chi connectivity index (χ3v) is 3.06. The molecule has 0 fully saturated rings. The van der Waals surface area contributed by atoms with Gasteiger partial charge in [0, 0.05) is 5.56 Å². The molecule has 0 radical (unpaired) electrons. The number of esters is 1. The molecule has 0 unspecified atom stereocenters. The van der Waals surface area contributed by atoms with Gasteiger partial charge in [0.1, 0.15) is 0 Å². The predicted molar refractivity (Wildman–Crippen MR) is 71.0 cm³/mol. The fourth-order valence-corrected chi connectivity index (χ4v) is 1.76. The van der Waals surface area contributed by atoms with E-state index in [-0.39, 0.29) is 6.61 Å². The second kappa shape index (κ2) is 5.80. The van der Waals surface area contributed by atoms with Gasteiger partial charge in [-0.15, -0.1) is 0 Å². The minimum absolute atomic E-state index is 0.215. The highest BCUT2D eigenvalue weighted by atomic mass is 16.5. The van der Waals surface area contributed by atoms with Gasteiger partial charge in [-0.3, -0.25) is 4.79 Å². The molecule has 0 amide bonds. The van der Waals surface area contributed by atoms with Gasteiger partial charge in [-0.1, -0.05) is 19.9 Å². The Morgan fingerprint density at radius 1 is 1.22 bits per heavy atom. The number of ether oxygens (including phenoxy) is 1. The summed E-state index contributed by atoms with van der Waals surface area (Å²) in [6.07, 6.45) is 0. The van der Waals surface area contributed by atoms with Crippen LogP contribution in [0.3, 0.4) is 0 Å². The summed E-state index contributed by atoms with van der Waals surface area (Å²) in [5.41, 5.74) is 3.38. The van der Waals surface area contributed by atoms with E-state index in [1.165, 1.54) is 0 Å². The van der Waals surface area contributed by atoms with Crippen LogP contribution in [0, 0.1) is 13.8 Å². The van der Waals surface area contributed by atoms with E-state index < -0.39 is 11.8 Å². The van der Waals surface area contributed by atoms with Crippen molar-refractivity contribution in [3.05, 3.63) is 34.4 Å². The zero-order valence-electron chi connectivity index (χ0n) is 11.7. The van der Waals surface area contributed by atoms with E-state index in [9.17, 15) is 9.59 Å². The summed E-state index contributed by atoms with van der Waals surface area (Å²) in [6, 6.07) is 3.86. The smallest absolute Gasteiger partial charge is 0.379 e. The van der Waals surface area contributed by atoms with Crippen molar-refractivity contribution >= 4 is 11.8 Å². The topological polar surface area (TPSA) is 43.4 Å². The van der Waals surface area contributed by atoms with Crippen molar-refractivity contribution in [2.45, 2.75) is 40.5 Å². The number of rotatable bonds is 4. The predicted octanol–water partition coefficient (Wildman–Crippen LogP) is 3.17. The number of carbonyl (C=O) groups is 2. The van der Waals surface area contributed by atoms with Gasteiger partial charge in [0.05, 0.1) is 6.61 Å². The number of hydrogen-bond acceptors (Lipinski definition) is 3. The van der Waals surface area contributed by atoms with E-state index in [4.69, 9.17) is 4.74 Å². The molecule has 1 rings (SSSR count). The van der Waals surface area contributed by atoms with Gasteiger partial charge in [0.15, 0.2) is 0 Å². The highest BCUT2D eigenvalue weighted by molar-refractivity contribution is 6.41. The van der Waals surface area contributed by atoms with E-state index >= 15 is 0 Å². The maximum absolute atomic E-state index is 12.0. The van der Waals surface area contributed by atoms with Crippen LogP contribution in [0.15, 0.2) is 12.1 Å². The van der Waals surface area contributed by atoms with Crippen molar-refractivity contribution in [2.24, 2.45) is 0 Å². The van der Waals surface area contributed by atoms with Crippen LogP contribution in [0.4, 0.5) is 0 Å². The Hall–Kier alpha value is -1.64. The summed E-state index contributed by atoms with van der Waals surface area (Å²) in [4.78, 5) is 23.5. The fraction of sp³-hybridized carbons (Fsp3) is 0.467. The zero-order valence-corrected chi connectivity index (χ0v) is 11.7. The summed E-state index contributed by atoms with van der Waals surface area (Å²) < 4.78 is 4.76. The Bertz CT molecular complexity index is 473. The minimum atomic E-state index is -0.777. The highest BCUT2D eigenvalue weighted by Gasteiger charge is 2.21. The highest BCUT2D eigenvalue weighted by Crippen LogP contribution is 2.22. The number of carbonyl (C=O) groups excluding carboxylic acids is 2. The Morgan fingerprint density at radius 3 is 2.33 bits per heavy atom. The van der Waals surface area contributed by atoms with Gasteiger partial charge in [-0.2, -0.15) is 0 Å². The lowest BCUT2D eigenvalue weighted by Crippen LogP contribution is -2.19. The molecule has 3 heteroatoms. The van der Waals surface area contributed by atoms with Crippen LogP contribution >= 0.6 is 0 Å². The monoisotopic (exact) mass is 248 g/mol. The second-order valence-electron chi connectivity index (χ2n) is 4.71. The summed E-state index contributed by atoms with van der Waals surface area (Å²) in [5.74, 6) is -1.01. The molecular formula is C15H20O3. The maximum Gasteiger partial charge on any atom is 0.379 e. The lowest BCUT2D eigenvalue weighted by molar-refractivity contribution is -0.137. The molecular weight excluding hydrogens is 228 g/mol. The van der Waals surface area contributed by atoms with Gasteiger partial charge in [-0.25, -0.2) is 4.79 Å². The number of ketones is 1. The van der Waals surface area contributed by atoms with Crippen LogP contribution in [-0.4, -0.2) is 18.4 Å². The number of aryl methyl sites for hydroxylation is 1. The Morgan fingerprint density at radius 2 is 1.83 bits per heavy atom. The molecule has 0 bridgehead atoms. The van der Waals surface area contributed by atoms with Crippen LogP contribution in [0.1, 0.15) is 53.7 Å². The number of benzene rings is 1. The van der Waals surface area contributed by atoms with E-state index in [1.807, 2.05) is 13.8 Å². The Balaban J connectivity index is 3.23. The van der Waals surface area contributed by atoms with Crippen molar-refractivity contribution < 1.29 is 14.3 Å². The standard InChI is InChI=1S/C15H20O3/c1-6-18-15(17)14(16)13-8-12(9(2)3)7-10(4)11(13)5/h7-9H,6H2,1-5H3. The average molecular weight is 248 g/mol. The Labute approximate surface area is 108 Å². The maximum atomic E-state index is 12.0. The SMILES string of the molecule is CCOC(=O)C(=O)c1cc(C(C)C)cc(C)c1C. The fourth-order valence-electron chi connectivity index (χ4n) is 1.76. The molecule has 3 nitrogen and oxygen atoms in total. The van der Waals surface area contributed by atoms with Gasteiger partial charge in [0.2, 0.25) is 0 Å². The van der Waals surface area contributed by atoms with Crippen LogP contribution in [-0.2, 0) is 9.53 Å². The van der Waals surface area contributed by atoms with E-state index in [1.54, 1.807) is 13.0 Å². The molecule has 1 aromatic carbocycles. The van der Waals surface area contributed by atoms with Gasteiger partial charge < -0.3 is 4.74 Å². The van der Waals surface area contributed by atoms with Crippen molar-refractivity contribution in [3.8, 4) is 0 Å². The molecule has 0 heterocycles. The first-order valence-corrected chi connectivity index (χ1v) is 6.21. The van der Waals surface area contributed by atoms with Crippen molar-refractivity contribution in [3.63, 3.8) is 0 Å². The summed E-state index contributed by atoms with van der Waals surface area (Å²) in [7, 11) is 0. The van der Waals surface area contributed by atoms with E-state index in [2.05, 4.69) is 19.9 Å². The lowest BCUT2D eigenvalue weighted by Gasteiger charge is -2.13. The molecule has 0 aromatic heterocycles. The third kappa shape index (κ3) is 2.97. The van der Waals surface area contributed by atoms with E-state index in [0.717, 1.165) is 16.7 Å². The molecule has 0 aliphatic rings. The summed E-state index contributed by atoms with van der Waals surface area (Å²) >= 11 is 0. The molecule has 0 spiro atoms. The number of hydrogen-bond donors (Lipinski definition) is 0.